The molecule has 1 aromatic rings. The van der Waals surface area contributed by atoms with Crippen LogP contribution in [0.3, 0.4) is 0 Å². The highest BCUT2D eigenvalue weighted by Crippen LogP contribution is 2.18. The summed E-state index contributed by atoms with van der Waals surface area (Å²) in [5, 5.41) is 0. The lowest BCUT2D eigenvalue weighted by Crippen LogP contribution is -2.08. The van der Waals surface area contributed by atoms with Gasteiger partial charge in [0.25, 0.3) is 0 Å². The molecular weight excluding hydrogens is 220 g/mol. The van der Waals surface area contributed by atoms with Gasteiger partial charge in [-0.15, -0.1) is 0 Å². The number of rotatable bonds is 8. The number of pyridine rings is 1. The van der Waals surface area contributed by atoms with Gasteiger partial charge >= 0.3 is 0 Å². The first-order chi connectivity index (χ1) is 8.24. The van der Waals surface area contributed by atoms with Gasteiger partial charge in [0.05, 0.1) is 25.5 Å². The van der Waals surface area contributed by atoms with E-state index in [1.54, 1.807) is 13.3 Å². The van der Waals surface area contributed by atoms with Gasteiger partial charge in [-0.3, -0.25) is 0 Å². The predicted octanol–water partition coefficient (Wildman–Crippen LogP) is 1.40. The Kier molecular flexibility index (Phi) is 6.35. The van der Waals surface area contributed by atoms with E-state index in [9.17, 15) is 0 Å². The van der Waals surface area contributed by atoms with Crippen molar-refractivity contribution in [3.8, 4) is 5.88 Å². The monoisotopic (exact) mass is 240 g/mol. The molecule has 5 heteroatoms. The summed E-state index contributed by atoms with van der Waals surface area (Å²) >= 11 is 0. The molecule has 1 rings (SSSR count). The van der Waals surface area contributed by atoms with Crippen LogP contribution in [0.25, 0.3) is 0 Å². The van der Waals surface area contributed by atoms with Crippen LogP contribution >= 0.6 is 0 Å². The second-order valence-corrected chi connectivity index (χ2v) is 3.71. The molecule has 1 aromatic heterocycles. The van der Waals surface area contributed by atoms with Crippen molar-refractivity contribution < 1.29 is 14.2 Å². The Morgan fingerprint density at radius 2 is 2.06 bits per heavy atom. The fourth-order valence-corrected chi connectivity index (χ4v) is 1.27. The van der Waals surface area contributed by atoms with E-state index in [2.05, 4.69) is 4.98 Å². The molecule has 0 unspecified atom stereocenters. The van der Waals surface area contributed by atoms with Gasteiger partial charge in [0.15, 0.2) is 0 Å². The van der Waals surface area contributed by atoms with Crippen LogP contribution in [0.15, 0.2) is 12.3 Å². The van der Waals surface area contributed by atoms with E-state index < -0.39 is 0 Å². The van der Waals surface area contributed by atoms with Crippen molar-refractivity contribution in [2.24, 2.45) is 0 Å². The van der Waals surface area contributed by atoms with Crippen molar-refractivity contribution in [3.63, 3.8) is 0 Å². The highest BCUT2D eigenvalue weighted by atomic mass is 16.5. The lowest BCUT2D eigenvalue weighted by Gasteiger charge is -2.08. The third kappa shape index (κ3) is 5.51. The van der Waals surface area contributed by atoms with E-state index in [1.807, 2.05) is 13.0 Å². The second-order valence-electron chi connectivity index (χ2n) is 3.71. The van der Waals surface area contributed by atoms with E-state index in [0.29, 0.717) is 38.0 Å². The van der Waals surface area contributed by atoms with Crippen LogP contribution in [0, 0.1) is 6.92 Å². The Bertz CT molecular complexity index is 332. The maximum Gasteiger partial charge on any atom is 0.237 e. The minimum absolute atomic E-state index is 0.493. The lowest BCUT2D eigenvalue weighted by atomic mass is 10.3. The third-order valence-corrected chi connectivity index (χ3v) is 2.12. The van der Waals surface area contributed by atoms with Gasteiger partial charge in [0.2, 0.25) is 5.88 Å². The van der Waals surface area contributed by atoms with Gasteiger partial charge in [0.1, 0.15) is 0 Å². The Morgan fingerprint density at radius 3 is 2.76 bits per heavy atom. The van der Waals surface area contributed by atoms with Crippen molar-refractivity contribution >= 4 is 5.69 Å². The molecule has 0 saturated carbocycles. The maximum absolute atomic E-state index is 5.77. The molecule has 0 aliphatic rings. The van der Waals surface area contributed by atoms with Gasteiger partial charge in [-0.2, -0.15) is 0 Å². The fourth-order valence-electron chi connectivity index (χ4n) is 1.27. The average Bonchev–Trinajstić information content (AvgIpc) is 2.30. The molecule has 0 fully saturated rings. The summed E-state index contributed by atoms with van der Waals surface area (Å²) in [6.07, 6.45) is 2.54. The van der Waals surface area contributed by atoms with Gasteiger partial charge in [-0.25, -0.2) is 4.98 Å². The normalized spacial score (nSPS) is 10.5. The topological polar surface area (TPSA) is 66.6 Å². The molecule has 0 spiro atoms. The third-order valence-electron chi connectivity index (χ3n) is 2.12. The quantitative estimate of drug-likeness (QED) is 0.696. The van der Waals surface area contributed by atoms with Crippen LogP contribution in [0.1, 0.15) is 12.0 Å². The highest BCUT2D eigenvalue weighted by Gasteiger charge is 2.01. The molecule has 5 nitrogen and oxygen atoms in total. The smallest absolute Gasteiger partial charge is 0.237 e. The van der Waals surface area contributed by atoms with E-state index in [-0.39, 0.29) is 0 Å². The fraction of sp³-hybridized carbons (Fsp3) is 0.583. The number of hydrogen-bond acceptors (Lipinski definition) is 5. The predicted molar refractivity (Wildman–Crippen MR) is 66.2 cm³/mol. The summed E-state index contributed by atoms with van der Waals surface area (Å²) in [4.78, 5) is 4.12. The number of aromatic nitrogens is 1. The van der Waals surface area contributed by atoms with Crippen LogP contribution in [-0.4, -0.2) is 38.5 Å². The number of methoxy groups -OCH3 is 1. The molecule has 0 bridgehead atoms. The molecular formula is C12H20N2O3. The summed E-state index contributed by atoms with van der Waals surface area (Å²) in [5.41, 5.74) is 7.37. The Hall–Kier alpha value is -1.33. The first-order valence-corrected chi connectivity index (χ1v) is 5.65. The largest absolute Gasteiger partial charge is 0.476 e. The van der Waals surface area contributed by atoms with Gasteiger partial charge in [0, 0.05) is 26.3 Å². The number of aryl methyl sites for hydroxylation is 1. The Balaban J connectivity index is 2.14. The molecule has 0 radical (unpaired) electrons. The Morgan fingerprint density at radius 1 is 1.24 bits per heavy atom. The minimum Gasteiger partial charge on any atom is -0.476 e. The number of anilines is 1. The number of nitrogens with zero attached hydrogens (tertiary/aromatic N) is 1. The van der Waals surface area contributed by atoms with Crippen molar-refractivity contribution in [3.05, 3.63) is 17.8 Å². The molecule has 0 saturated heterocycles. The van der Waals surface area contributed by atoms with E-state index in [0.717, 1.165) is 12.0 Å². The lowest BCUT2D eigenvalue weighted by molar-refractivity contribution is 0.0642. The number of nitrogen functional groups attached to an aromatic ring is 1. The van der Waals surface area contributed by atoms with Crippen LogP contribution < -0.4 is 10.5 Å². The zero-order valence-corrected chi connectivity index (χ0v) is 10.4. The molecule has 0 amide bonds. The molecule has 96 valence electrons. The SMILES string of the molecule is COCCOCCCOc1ncc(C)cc1N. The van der Waals surface area contributed by atoms with Crippen LogP contribution in [-0.2, 0) is 9.47 Å². The summed E-state index contributed by atoms with van der Waals surface area (Å²) in [7, 11) is 1.65. The zero-order valence-electron chi connectivity index (χ0n) is 10.4. The van der Waals surface area contributed by atoms with Gasteiger partial charge in [-0.1, -0.05) is 0 Å². The number of hydrogen-bond donors (Lipinski definition) is 1. The number of nitrogens with two attached hydrogens (primary N) is 1. The van der Waals surface area contributed by atoms with Crippen LogP contribution in [0.4, 0.5) is 5.69 Å². The highest BCUT2D eigenvalue weighted by molar-refractivity contribution is 5.49. The zero-order chi connectivity index (χ0) is 12.5. The van der Waals surface area contributed by atoms with Crippen molar-refractivity contribution in [2.45, 2.75) is 13.3 Å². The molecule has 0 aromatic carbocycles. The summed E-state index contributed by atoms with van der Waals surface area (Å²) in [6.45, 7) is 4.37. The summed E-state index contributed by atoms with van der Waals surface area (Å²) in [5.74, 6) is 0.493. The van der Waals surface area contributed by atoms with E-state index in [4.69, 9.17) is 19.9 Å². The molecule has 17 heavy (non-hydrogen) atoms. The van der Waals surface area contributed by atoms with Gasteiger partial charge in [-0.05, 0) is 18.6 Å². The molecule has 0 aliphatic carbocycles. The van der Waals surface area contributed by atoms with Crippen molar-refractivity contribution in [2.75, 3.05) is 39.3 Å². The average molecular weight is 240 g/mol. The van der Waals surface area contributed by atoms with E-state index >= 15 is 0 Å². The first-order valence-electron chi connectivity index (χ1n) is 5.65. The van der Waals surface area contributed by atoms with Crippen molar-refractivity contribution in [1.82, 2.24) is 4.98 Å². The molecule has 1 heterocycles. The van der Waals surface area contributed by atoms with Crippen molar-refractivity contribution in [1.29, 1.82) is 0 Å². The Labute approximate surface area is 102 Å². The molecule has 0 aliphatic heterocycles. The first kappa shape index (κ1) is 13.7. The molecule has 2 N–H and O–H groups in total. The minimum atomic E-state index is 0.493. The summed E-state index contributed by atoms with van der Waals surface area (Å²) in [6, 6.07) is 1.84. The van der Waals surface area contributed by atoms with E-state index in [1.165, 1.54) is 0 Å². The van der Waals surface area contributed by atoms with Crippen LogP contribution in [0.2, 0.25) is 0 Å². The molecule has 0 atom stereocenters. The van der Waals surface area contributed by atoms with Crippen LogP contribution in [0.5, 0.6) is 5.88 Å². The maximum atomic E-state index is 5.77. The summed E-state index contributed by atoms with van der Waals surface area (Å²) < 4.78 is 15.6. The number of ether oxygens (including phenoxy) is 3. The van der Waals surface area contributed by atoms with Gasteiger partial charge < -0.3 is 19.9 Å². The second kappa shape index (κ2) is 7.86. The standard InChI is InChI=1S/C12H20N2O3/c1-10-8-11(13)12(14-9-10)17-5-3-4-16-7-6-15-2/h8-9H,3-7,13H2,1-2H3.